The molecule has 7 heteroatoms. The highest BCUT2D eigenvalue weighted by Gasteiger charge is 2.41. The molecule has 0 unspecified atom stereocenters. The topological polar surface area (TPSA) is 79.8 Å². The van der Waals surface area contributed by atoms with E-state index in [4.69, 9.17) is 4.74 Å². The Morgan fingerprint density at radius 1 is 1.07 bits per heavy atom. The maximum atomic E-state index is 12.6. The predicted octanol–water partition coefficient (Wildman–Crippen LogP) is 3.32. The van der Waals surface area contributed by atoms with Crippen LogP contribution >= 0.6 is 0 Å². The molecule has 150 valence electrons. The smallest absolute Gasteiger partial charge is 0.391 e. The third-order valence-electron chi connectivity index (χ3n) is 5.55. The molecule has 0 radical (unpaired) electrons. The number of ether oxygens (including phenoxy) is 1. The number of carbonyl (C=O) groups is 3. The van der Waals surface area contributed by atoms with Gasteiger partial charge in [0, 0.05) is 31.0 Å². The summed E-state index contributed by atoms with van der Waals surface area (Å²) >= 11 is 0. The van der Waals surface area contributed by atoms with Crippen molar-refractivity contribution in [2.24, 2.45) is 5.41 Å². The van der Waals surface area contributed by atoms with Crippen molar-refractivity contribution >= 4 is 23.6 Å². The molecule has 3 heterocycles. The number of nitrogens with zero attached hydrogens (tertiary/aromatic N) is 3. The summed E-state index contributed by atoms with van der Waals surface area (Å²) in [6.45, 7) is 4.74. The molecule has 0 aliphatic carbocycles. The fourth-order valence-corrected chi connectivity index (χ4v) is 3.69. The summed E-state index contributed by atoms with van der Waals surface area (Å²) < 4.78 is 5.39. The second-order valence-electron chi connectivity index (χ2n) is 8.08. The van der Waals surface area contributed by atoms with Crippen LogP contribution in [0, 0.1) is 5.41 Å². The highest BCUT2D eigenvalue weighted by atomic mass is 16.6. The third-order valence-corrected chi connectivity index (χ3v) is 5.55. The largest absolute Gasteiger partial charge is 0.416 e. The first-order chi connectivity index (χ1) is 13.8. The molecule has 3 amide bonds. The standard InChI is InChI=1S/C22H23N3O4/c1-22(2)11-9-19(26)25(20(22)27)17-7-8-18(23-13-17)29-21(28)24-12-10-15-5-3-4-6-16(15)14-24/h3-8,13H,9-12,14H2,1-2H3. The van der Waals surface area contributed by atoms with Crippen LogP contribution in [0.25, 0.3) is 0 Å². The van der Waals surface area contributed by atoms with Crippen molar-refractivity contribution in [3.05, 3.63) is 53.7 Å². The van der Waals surface area contributed by atoms with E-state index in [0.717, 1.165) is 12.0 Å². The van der Waals surface area contributed by atoms with E-state index in [1.807, 2.05) is 32.0 Å². The normalized spacial score (nSPS) is 18.4. The molecule has 0 spiro atoms. The van der Waals surface area contributed by atoms with Crippen LogP contribution in [0.2, 0.25) is 0 Å². The number of pyridine rings is 1. The average Bonchev–Trinajstić information content (AvgIpc) is 2.72. The van der Waals surface area contributed by atoms with Gasteiger partial charge in [-0.05, 0) is 30.0 Å². The second-order valence-corrected chi connectivity index (χ2v) is 8.08. The number of carbonyl (C=O) groups excluding carboxylic acids is 3. The summed E-state index contributed by atoms with van der Waals surface area (Å²) in [6.07, 6.45) is 2.55. The van der Waals surface area contributed by atoms with E-state index in [2.05, 4.69) is 11.1 Å². The van der Waals surface area contributed by atoms with Crippen molar-refractivity contribution in [3.63, 3.8) is 0 Å². The van der Waals surface area contributed by atoms with Crippen LogP contribution in [0.1, 0.15) is 37.8 Å². The first-order valence-electron chi connectivity index (χ1n) is 9.72. The molecule has 1 aromatic heterocycles. The minimum Gasteiger partial charge on any atom is -0.391 e. The summed E-state index contributed by atoms with van der Waals surface area (Å²) in [6, 6.07) is 11.1. The van der Waals surface area contributed by atoms with Crippen molar-refractivity contribution < 1.29 is 19.1 Å². The minimum atomic E-state index is -0.594. The quantitative estimate of drug-likeness (QED) is 0.732. The molecule has 0 atom stereocenters. The van der Waals surface area contributed by atoms with Gasteiger partial charge in [-0.1, -0.05) is 38.1 Å². The van der Waals surface area contributed by atoms with Gasteiger partial charge in [-0.3, -0.25) is 9.59 Å². The van der Waals surface area contributed by atoms with Gasteiger partial charge in [-0.25, -0.2) is 14.7 Å². The number of rotatable bonds is 2. The van der Waals surface area contributed by atoms with E-state index < -0.39 is 11.5 Å². The predicted molar refractivity (Wildman–Crippen MR) is 106 cm³/mol. The molecule has 7 nitrogen and oxygen atoms in total. The number of amides is 3. The molecule has 1 saturated heterocycles. The Bertz CT molecular complexity index is 968. The molecule has 1 aromatic carbocycles. The monoisotopic (exact) mass is 393 g/mol. The Hall–Kier alpha value is -3.22. The van der Waals surface area contributed by atoms with Gasteiger partial charge in [0.05, 0.1) is 11.9 Å². The molecule has 2 aliphatic heterocycles. The fraction of sp³-hybridized carbons (Fsp3) is 0.364. The maximum Gasteiger partial charge on any atom is 0.416 e. The molecular formula is C22H23N3O4. The Morgan fingerprint density at radius 2 is 1.83 bits per heavy atom. The number of aromatic nitrogens is 1. The van der Waals surface area contributed by atoms with Gasteiger partial charge in [0.15, 0.2) is 0 Å². The molecular weight excluding hydrogens is 370 g/mol. The van der Waals surface area contributed by atoms with Gasteiger partial charge in [0.1, 0.15) is 0 Å². The second kappa shape index (κ2) is 7.31. The molecule has 0 saturated carbocycles. The summed E-state index contributed by atoms with van der Waals surface area (Å²) in [5.41, 5.74) is 2.16. The third kappa shape index (κ3) is 3.72. The fourth-order valence-electron chi connectivity index (χ4n) is 3.69. The number of fused-ring (bicyclic) bond motifs is 1. The Labute approximate surface area is 169 Å². The summed E-state index contributed by atoms with van der Waals surface area (Å²) in [5.74, 6) is -0.353. The highest BCUT2D eigenvalue weighted by molar-refractivity contribution is 6.18. The number of hydrogen-bond acceptors (Lipinski definition) is 5. The Balaban J connectivity index is 1.44. The lowest BCUT2D eigenvalue weighted by molar-refractivity contribution is -0.136. The van der Waals surface area contributed by atoms with Crippen LogP contribution in [0.5, 0.6) is 5.88 Å². The van der Waals surface area contributed by atoms with Crippen molar-refractivity contribution in [3.8, 4) is 5.88 Å². The zero-order valence-corrected chi connectivity index (χ0v) is 16.6. The zero-order valence-electron chi connectivity index (χ0n) is 16.6. The summed E-state index contributed by atoms with van der Waals surface area (Å²) in [5, 5.41) is 0. The number of imide groups is 1. The number of benzene rings is 1. The first kappa shape index (κ1) is 19.1. The minimum absolute atomic E-state index is 0.133. The van der Waals surface area contributed by atoms with Crippen LogP contribution in [0.4, 0.5) is 10.5 Å². The zero-order chi connectivity index (χ0) is 20.6. The van der Waals surface area contributed by atoms with Crippen LogP contribution in [0.15, 0.2) is 42.6 Å². The number of hydrogen-bond donors (Lipinski definition) is 0. The van der Waals surface area contributed by atoms with Crippen LogP contribution in [0.3, 0.4) is 0 Å². The van der Waals surface area contributed by atoms with E-state index >= 15 is 0 Å². The van der Waals surface area contributed by atoms with E-state index in [1.165, 1.54) is 22.7 Å². The van der Waals surface area contributed by atoms with Gasteiger partial charge in [-0.2, -0.15) is 0 Å². The number of anilines is 1. The van der Waals surface area contributed by atoms with Crippen molar-refractivity contribution in [1.82, 2.24) is 9.88 Å². The SMILES string of the molecule is CC1(C)CCC(=O)N(c2ccc(OC(=O)N3CCc4ccccc4C3)nc2)C1=O. The Morgan fingerprint density at radius 3 is 2.55 bits per heavy atom. The molecule has 2 aliphatic rings. The lowest BCUT2D eigenvalue weighted by Crippen LogP contribution is -2.49. The lowest BCUT2D eigenvalue weighted by atomic mass is 9.82. The molecule has 4 rings (SSSR count). The lowest BCUT2D eigenvalue weighted by Gasteiger charge is -2.35. The van der Waals surface area contributed by atoms with Gasteiger partial charge < -0.3 is 9.64 Å². The maximum absolute atomic E-state index is 12.6. The number of piperidine rings is 1. The molecule has 1 fully saturated rings. The van der Waals surface area contributed by atoms with Gasteiger partial charge in [0.2, 0.25) is 17.7 Å². The van der Waals surface area contributed by atoms with Gasteiger partial charge in [0.25, 0.3) is 0 Å². The molecule has 29 heavy (non-hydrogen) atoms. The van der Waals surface area contributed by atoms with Gasteiger partial charge in [-0.15, -0.1) is 0 Å². The van der Waals surface area contributed by atoms with Gasteiger partial charge >= 0.3 is 6.09 Å². The van der Waals surface area contributed by atoms with E-state index in [1.54, 1.807) is 11.0 Å². The molecule has 0 bridgehead atoms. The summed E-state index contributed by atoms with van der Waals surface area (Å²) in [4.78, 5) is 44.3. The first-order valence-corrected chi connectivity index (χ1v) is 9.72. The van der Waals surface area contributed by atoms with Crippen molar-refractivity contribution in [2.45, 2.75) is 39.7 Å². The summed E-state index contributed by atoms with van der Waals surface area (Å²) in [7, 11) is 0. The van der Waals surface area contributed by atoms with E-state index in [-0.39, 0.29) is 17.7 Å². The Kier molecular flexibility index (Phi) is 4.82. The molecule has 0 N–H and O–H groups in total. The van der Waals surface area contributed by atoms with Crippen molar-refractivity contribution in [2.75, 3.05) is 11.4 Å². The molecule has 2 aromatic rings. The van der Waals surface area contributed by atoms with E-state index in [9.17, 15) is 14.4 Å². The van der Waals surface area contributed by atoms with Crippen LogP contribution in [-0.4, -0.2) is 34.3 Å². The average molecular weight is 393 g/mol. The van der Waals surface area contributed by atoms with Crippen molar-refractivity contribution in [1.29, 1.82) is 0 Å². The van der Waals surface area contributed by atoms with Crippen LogP contribution < -0.4 is 9.64 Å². The highest BCUT2D eigenvalue weighted by Crippen LogP contribution is 2.33. The van der Waals surface area contributed by atoms with E-state index in [0.29, 0.717) is 31.6 Å². The van der Waals surface area contributed by atoms with Crippen LogP contribution in [-0.2, 0) is 22.6 Å².